The van der Waals surface area contributed by atoms with E-state index in [0.29, 0.717) is 11.6 Å². The molecule has 0 bridgehead atoms. The SMILES string of the molecule is CC(C)(C)c1ccccc1Oc1cccc(Cl)c1CN. The fourth-order valence-corrected chi connectivity index (χ4v) is 2.37. The number of nitrogens with two attached hydrogens (primary N) is 1. The van der Waals surface area contributed by atoms with Gasteiger partial charge in [0, 0.05) is 22.7 Å². The predicted octanol–water partition coefficient (Wildman–Crippen LogP) is 4.89. The van der Waals surface area contributed by atoms with E-state index in [-0.39, 0.29) is 5.41 Å². The van der Waals surface area contributed by atoms with Crippen LogP contribution in [0.2, 0.25) is 5.02 Å². The molecule has 2 N–H and O–H groups in total. The van der Waals surface area contributed by atoms with Crippen molar-refractivity contribution in [3.63, 3.8) is 0 Å². The zero-order chi connectivity index (χ0) is 14.8. The minimum absolute atomic E-state index is 0.0120. The molecule has 2 nitrogen and oxygen atoms in total. The van der Waals surface area contributed by atoms with Crippen LogP contribution in [0, 0.1) is 0 Å². The van der Waals surface area contributed by atoms with Gasteiger partial charge in [0.05, 0.1) is 0 Å². The number of ether oxygens (including phenoxy) is 1. The van der Waals surface area contributed by atoms with Crippen LogP contribution in [0.1, 0.15) is 31.9 Å². The van der Waals surface area contributed by atoms with Gasteiger partial charge < -0.3 is 10.5 Å². The van der Waals surface area contributed by atoms with Crippen LogP contribution in [0.15, 0.2) is 42.5 Å². The zero-order valence-electron chi connectivity index (χ0n) is 12.1. The lowest BCUT2D eigenvalue weighted by molar-refractivity contribution is 0.451. The molecule has 0 fully saturated rings. The minimum atomic E-state index is 0.0120. The predicted molar refractivity (Wildman–Crippen MR) is 84.6 cm³/mol. The Labute approximate surface area is 125 Å². The Balaban J connectivity index is 2.44. The van der Waals surface area contributed by atoms with E-state index in [9.17, 15) is 0 Å². The third kappa shape index (κ3) is 3.14. The Morgan fingerprint density at radius 2 is 1.65 bits per heavy atom. The van der Waals surface area contributed by atoms with Gasteiger partial charge in [0.15, 0.2) is 0 Å². The maximum Gasteiger partial charge on any atom is 0.133 e. The van der Waals surface area contributed by atoms with Crippen molar-refractivity contribution in [3.05, 3.63) is 58.6 Å². The molecule has 0 unspecified atom stereocenters. The lowest BCUT2D eigenvalue weighted by atomic mass is 9.86. The first-order chi connectivity index (χ1) is 9.43. The van der Waals surface area contributed by atoms with Crippen molar-refractivity contribution in [2.24, 2.45) is 5.73 Å². The second kappa shape index (κ2) is 5.86. The number of rotatable bonds is 3. The number of para-hydroxylation sites is 1. The molecule has 0 aliphatic carbocycles. The van der Waals surface area contributed by atoms with Gasteiger partial charge in [-0.2, -0.15) is 0 Å². The second-order valence-corrected chi connectivity index (χ2v) is 6.18. The smallest absolute Gasteiger partial charge is 0.133 e. The summed E-state index contributed by atoms with van der Waals surface area (Å²) in [7, 11) is 0. The van der Waals surface area contributed by atoms with Gasteiger partial charge in [0.1, 0.15) is 11.5 Å². The molecule has 0 aliphatic heterocycles. The molecule has 0 atom stereocenters. The monoisotopic (exact) mass is 289 g/mol. The van der Waals surface area contributed by atoms with Gasteiger partial charge in [-0.05, 0) is 23.6 Å². The van der Waals surface area contributed by atoms with E-state index < -0.39 is 0 Å². The Morgan fingerprint density at radius 3 is 2.30 bits per heavy atom. The maximum atomic E-state index is 6.17. The van der Waals surface area contributed by atoms with Crippen LogP contribution < -0.4 is 10.5 Å². The van der Waals surface area contributed by atoms with E-state index in [0.717, 1.165) is 22.6 Å². The van der Waals surface area contributed by atoms with Crippen LogP contribution in [-0.2, 0) is 12.0 Å². The molecule has 0 aliphatic rings. The number of hydrogen-bond acceptors (Lipinski definition) is 2. The standard InChI is InChI=1S/C17H20ClNO/c1-17(2,3)13-7-4-5-9-16(13)20-15-10-6-8-14(18)12(15)11-19/h4-10H,11,19H2,1-3H3. The van der Waals surface area contributed by atoms with Crippen LogP contribution in [-0.4, -0.2) is 0 Å². The molecule has 2 aromatic rings. The number of hydrogen-bond donors (Lipinski definition) is 1. The summed E-state index contributed by atoms with van der Waals surface area (Å²) >= 11 is 6.17. The van der Waals surface area contributed by atoms with Crippen LogP contribution in [0.3, 0.4) is 0 Å². The summed E-state index contributed by atoms with van der Waals surface area (Å²) in [6.07, 6.45) is 0. The summed E-state index contributed by atoms with van der Waals surface area (Å²) in [5.41, 5.74) is 7.76. The van der Waals surface area contributed by atoms with Gasteiger partial charge in [-0.15, -0.1) is 0 Å². The molecule has 0 heterocycles. The molecule has 20 heavy (non-hydrogen) atoms. The molecule has 0 amide bonds. The summed E-state index contributed by atoms with van der Waals surface area (Å²) in [5.74, 6) is 1.56. The zero-order valence-corrected chi connectivity index (χ0v) is 12.9. The molecule has 2 aromatic carbocycles. The van der Waals surface area contributed by atoms with Gasteiger partial charge in [-0.25, -0.2) is 0 Å². The maximum absolute atomic E-state index is 6.17. The molecular formula is C17H20ClNO. The average Bonchev–Trinajstić information content (AvgIpc) is 2.38. The third-order valence-electron chi connectivity index (χ3n) is 3.19. The number of benzene rings is 2. The molecule has 0 spiro atoms. The fraction of sp³-hybridized carbons (Fsp3) is 0.294. The van der Waals surface area contributed by atoms with Gasteiger partial charge in [0.25, 0.3) is 0 Å². The van der Waals surface area contributed by atoms with Crippen molar-refractivity contribution in [3.8, 4) is 11.5 Å². The Kier molecular flexibility index (Phi) is 4.36. The van der Waals surface area contributed by atoms with Crippen LogP contribution in [0.4, 0.5) is 0 Å². The average molecular weight is 290 g/mol. The van der Waals surface area contributed by atoms with E-state index in [1.165, 1.54) is 0 Å². The summed E-state index contributed by atoms with van der Waals surface area (Å²) in [4.78, 5) is 0. The highest BCUT2D eigenvalue weighted by molar-refractivity contribution is 6.31. The Bertz CT molecular complexity index is 602. The van der Waals surface area contributed by atoms with Crippen molar-refractivity contribution >= 4 is 11.6 Å². The second-order valence-electron chi connectivity index (χ2n) is 5.77. The normalized spacial score (nSPS) is 11.4. The molecule has 0 saturated heterocycles. The summed E-state index contributed by atoms with van der Waals surface area (Å²) in [6.45, 7) is 6.84. The van der Waals surface area contributed by atoms with Crippen LogP contribution in [0.25, 0.3) is 0 Å². The van der Waals surface area contributed by atoms with E-state index in [1.54, 1.807) is 0 Å². The minimum Gasteiger partial charge on any atom is -0.457 e. The van der Waals surface area contributed by atoms with Crippen molar-refractivity contribution in [1.29, 1.82) is 0 Å². The van der Waals surface area contributed by atoms with Crippen molar-refractivity contribution < 1.29 is 4.74 Å². The molecule has 106 valence electrons. The highest BCUT2D eigenvalue weighted by Crippen LogP contribution is 2.36. The van der Waals surface area contributed by atoms with E-state index >= 15 is 0 Å². The highest BCUT2D eigenvalue weighted by atomic mass is 35.5. The molecule has 0 radical (unpaired) electrons. The van der Waals surface area contributed by atoms with Crippen molar-refractivity contribution in [2.45, 2.75) is 32.7 Å². The lowest BCUT2D eigenvalue weighted by Crippen LogP contribution is -2.12. The van der Waals surface area contributed by atoms with Gasteiger partial charge in [0.2, 0.25) is 0 Å². The first kappa shape index (κ1) is 14.9. The van der Waals surface area contributed by atoms with Gasteiger partial charge >= 0.3 is 0 Å². The van der Waals surface area contributed by atoms with Crippen LogP contribution >= 0.6 is 11.6 Å². The highest BCUT2D eigenvalue weighted by Gasteiger charge is 2.19. The summed E-state index contributed by atoms with van der Waals surface area (Å²) in [5, 5.41) is 0.637. The van der Waals surface area contributed by atoms with Gasteiger partial charge in [-0.3, -0.25) is 0 Å². The third-order valence-corrected chi connectivity index (χ3v) is 3.55. The first-order valence-corrected chi connectivity index (χ1v) is 7.06. The van der Waals surface area contributed by atoms with Gasteiger partial charge in [-0.1, -0.05) is 56.6 Å². The largest absolute Gasteiger partial charge is 0.457 e. The Morgan fingerprint density at radius 1 is 1.00 bits per heavy atom. The van der Waals surface area contributed by atoms with E-state index in [2.05, 4.69) is 26.8 Å². The first-order valence-electron chi connectivity index (χ1n) is 6.68. The molecule has 2 rings (SSSR count). The molecule has 0 saturated carbocycles. The quantitative estimate of drug-likeness (QED) is 0.873. The van der Waals surface area contributed by atoms with Crippen LogP contribution in [0.5, 0.6) is 11.5 Å². The fourth-order valence-electron chi connectivity index (χ4n) is 2.13. The molecule has 0 aromatic heterocycles. The van der Waals surface area contributed by atoms with E-state index in [4.69, 9.17) is 22.1 Å². The molecule has 3 heteroatoms. The topological polar surface area (TPSA) is 35.2 Å². The lowest BCUT2D eigenvalue weighted by Gasteiger charge is -2.23. The van der Waals surface area contributed by atoms with Crippen molar-refractivity contribution in [1.82, 2.24) is 0 Å². The summed E-state index contributed by atoms with van der Waals surface area (Å²) < 4.78 is 6.07. The molecular weight excluding hydrogens is 270 g/mol. The summed E-state index contributed by atoms with van der Waals surface area (Å²) in [6, 6.07) is 13.6. The Hall–Kier alpha value is -1.51. The number of halogens is 1. The van der Waals surface area contributed by atoms with Crippen molar-refractivity contribution in [2.75, 3.05) is 0 Å². The van der Waals surface area contributed by atoms with E-state index in [1.807, 2.05) is 36.4 Å².